The van der Waals surface area contributed by atoms with E-state index in [1.54, 1.807) is 13.2 Å². The molecular weight excluding hydrogens is 395 g/mol. The van der Waals surface area contributed by atoms with E-state index in [9.17, 15) is 18.0 Å². The third kappa shape index (κ3) is 5.81. The topological polar surface area (TPSA) is 53.6 Å². The van der Waals surface area contributed by atoms with Crippen LogP contribution < -0.4 is 20.3 Å². The summed E-state index contributed by atoms with van der Waals surface area (Å²) in [6.45, 7) is 1.77. The molecule has 30 heavy (non-hydrogen) atoms. The van der Waals surface area contributed by atoms with Crippen molar-refractivity contribution in [2.24, 2.45) is 0 Å². The molecule has 2 aromatic carbocycles. The van der Waals surface area contributed by atoms with Crippen LogP contribution in [0.25, 0.3) is 0 Å². The van der Waals surface area contributed by atoms with Crippen molar-refractivity contribution in [2.45, 2.75) is 31.5 Å². The standard InChI is InChI=1S/C22H26F3N3O2/c1-30-19-8-6-18(7-9-19)28-14-11-17(12-15-28)27-21(29)26-13-10-16-4-2-3-5-20(16)22(23,24)25/h2-9,17H,10-15H2,1H3,(H2,26,27,29). The van der Waals surface area contributed by atoms with E-state index in [2.05, 4.69) is 15.5 Å². The summed E-state index contributed by atoms with van der Waals surface area (Å²) >= 11 is 0. The molecule has 5 nitrogen and oxygen atoms in total. The number of ether oxygens (including phenoxy) is 1. The summed E-state index contributed by atoms with van der Waals surface area (Å²) in [5.74, 6) is 0.810. The molecule has 0 bridgehead atoms. The van der Waals surface area contributed by atoms with Crippen LogP contribution in [0.3, 0.4) is 0 Å². The van der Waals surface area contributed by atoms with E-state index in [4.69, 9.17) is 4.74 Å². The third-order valence-corrected chi connectivity index (χ3v) is 5.27. The van der Waals surface area contributed by atoms with Crippen molar-refractivity contribution in [3.8, 4) is 5.75 Å². The minimum atomic E-state index is -4.39. The van der Waals surface area contributed by atoms with Crippen molar-refractivity contribution in [1.29, 1.82) is 0 Å². The van der Waals surface area contributed by atoms with Gasteiger partial charge in [-0.25, -0.2) is 4.79 Å². The number of piperidine rings is 1. The van der Waals surface area contributed by atoms with Crippen LogP contribution in [0, 0.1) is 0 Å². The van der Waals surface area contributed by atoms with Gasteiger partial charge in [0.15, 0.2) is 0 Å². The van der Waals surface area contributed by atoms with Crippen molar-refractivity contribution in [3.63, 3.8) is 0 Å². The molecule has 1 fully saturated rings. The Balaban J connectivity index is 1.41. The molecule has 2 amide bonds. The van der Waals surface area contributed by atoms with Gasteiger partial charge in [0.25, 0.3) is 0 Å². The van der Waals surface area contributed by atoms with Crippen molar-refractivity contribution in [2.75, 3.05) is 31.6 Å². The minimum absolute atomic E-state index is 0.0435. The number of carbonyl (C=O) groups is 1. The number of nitrogens with zero attached hydrogens (tertiary/aromatic N) is 1. The zero-order valence-corrected chi connectivity index (χ0v) is 16.8. The molecule has 1 saturated heterocycles. The normalized spacial score (nSPS) is 15.0. The van der Waals surface area contributed by atoms with Gasteiger partial charge in [-0.1, -0.05) is 18.2 Å². The Labute approximate surface area is 174 Å². The van der Waals surface area contributed by atoms with Gasteiger partial charge in [0, 0.05) is 31.4 Å². The first-order valence-corrected chi connectivity index (χ1v) is 9.95. The average Bonchev–Trinajstić information content (AvgIpc) is 2.74. The Morgan fingerprint density at radius 1 is 1.10 bits per heavy atom. The summed E-state index contributed by atoms with van der Waals surface area (Å²) in [6.07, 6.45) is -2.66. The van der Waals surface area contributed by atoms with E-state index in [0.717, 1.165) is 43.4 Å². The number of hydrogen-bond acceptors (Lipinski definition) is 3. The number of amides is 2. The van der Waals surface area contributed by atoms with E-state index in [-0.39, 0.29) is 30.6 Å². The summed E-state index contributed by atoms with van der Waals surface area (Å²) in [6, 6.07) is 13.0. The molecule has 2 aromatic rings. The number of hydrogen-bond donors (Lipinski definition) is 2. The van der Waals surface area contributed by atoms with Crippen LogP contribution in [0.4, 0.5) is 23.7 Å². The number of benzene rings is 2. The smallest absolute Gasteiger partial charge is 0.416 e. The van der Waals surface area contributed by atoms with Gasteiger partial charge in [0.1, 0.15) is 5.75 Å². The second-order valence-corrected chi connectivity index (χ2v) is 7.26. The van der Waals surface area contributed by atoms with Gasteiger partial charge in [0.2, 0.25) is 0 Å². The van der Waals surface area contributed by atoms with Crippen LogP contribution in [-0.4, -0.2) is 38.8 Å². The molecule has 0 radical (unpaired) electrons. The lowest BCUT2D eigenvalue weighted by Gasteiger charge is -2.34. The highest BCUT2D eigenvalue weighted by Crippen LogP contribution is 2.31. The molecule has 8 heteroatoms. The second kappa shape index (κ2) is 9.73. The Morgan fingerprint density at radius 3 is 2.40 bits per heavy atom. The first-order chi connectivity index (χ1) is 14.4. The molecule has 0 atom stereocenters. The molecule has 1 aliphatic heterocycles. The summed E-state index contributed by atoms with van der Waals surface area (Å²) in [5.41, 5.74) is 0.637. The number of alkyl halides is 3. The van der Waals surface area contributed by atoms with Crippen LogP contribution in [0.5, 0.6) is 5.75 Å². The highest BCUT2D eigenvalue weighted by Gasteiger charge is 2.32. The van der Waals surface area contributed by atoms with Gasteiger partial charge in [-0.3, -0.25) is 0 Å². The van der Waals surface area contributed by atoms with Crippen molar-refractivity contribution in [3.05, 3.63) is 59.7 Å². The fourth-order valence-electron chi connectivity index (χ4n) is 3.64. The molecule has 0 saturated carbocycles. The molecular formula is C22H26F3N3O2. The second-order valence-electron chi connectivity index (χ2n) is 7.26. The lowest BCUT2D eigenvalue weighted by Crippen LogP contribution is -2.48. The number of anilines is 1. The van der Waals surface area contributed by atoms with E-state index in [0.29, 0.717) is 0 Å². The van der Waals surface area contributed by atoms with E-state index >= 15 is 0 Å². The molecule has 1 aliphatic rings. The molecule has 0 aliphatic carbocycles. The Bertz CT molecular complexity index is 832. The molecule has 1 heterocycles. The zero-order valence-electron chi connectivity index (χ0n) is 16.8. The third-order valence-electron chi connectivity index (χ3n) is 5.27. The van der Waals surface area contributed by atoms with Crippen molar-refractivity contribution < 1.29 is 22.7 Å². The van der Waals surface area contributed by atoms with Gasteiger partial charge in [-0.2, -0.15) is 13.2 Å². The number of rotatable bonds is 6. The SMILES string of the molecule is COc1ccc(N2CCC(NC(=O)NCCc3ccccc3C(F)(F)F)CC2)cc1. The first kappa shape index (κ1) is 21.8. The van der Waals surface area contributed by atoms with Crippen LogP contribution in [-0.2, 0) is 12.6 Å². The fraction of sp³-hybridized carbons (Fsp3) is 0.409. The van der Waals surface area contributed by atoms with Gasteiger partial charge < -0.3 is 20.3 Å². The molecule has 0 spiro atoms. The summed E-state index contributed by atoms with van der Waals surface area (Å²) in [4.78, 5) is 14.4. The van der Waals surface area contributed by atoms with E-state index in [1.807, 2.05) is 24.3 Å². The minimum Gasteiger partial charge on any atom is -0.497 e. The Hall–Kier alpha value is -2.90. The van der Waals surface area contributed by atoms with Crippen LogP contribution >= 0.6 is 0 Å². The van der Waals surface area contributed by atoms with Crippen molar-refractivity contribution in [1.82, 2.24) is 10.6 Å². The maximum absolute atomic E-state index is 13.0. The largest absolute Gasteiger partial charge is 0.497 e. The number of nitrogens with one attached hydrogen (secondary N) is 2. The summed E-state index contributed by atoms with van der Waals surface area (Å²) in [7, 11) is 1.63. The molecule has 162 valence electrons. The Morgan fingerprint density at radius 2 is 1.77 bits per heavy atom. The van der Waals surface area contributed by atoms with Gasteiger partial charge in [-0.15, -0.1) is 0 Å². The number of urea groups is 1. The predicted octanol–water partition coefficient (Wildman–Crippen LogP) is 4.22. The number of methoxy groups -OCH3 is 1. The van der Waals surface area contributed by atoms with E-state index in [1.165, 1.54) is 12.1 Å². The van der Waals surface area contributed by atoms with Crippen molar-refractivity contribution >= 4 is 11.7 Å². The highest BCUT2D eigenvalue weighted by atomic mass is 19.4. The average molecular weight is 421 g/mol. The van der Waals surface area contributed by atoms with Crippen LogP contribution in [0.15, 0.2) is 48.5 Å². The quantitative estimate of drug-likeness (QED) is 0.734. The van der Waals surface area contributed by atoms with Gasteiger partial charge in [-0.05, 0) is 55.2 Å². The first-order valence-electron chi connectivity index (χ1n) is 9.95. The molecule has 0 unspecified atom stereocenters. The van der Waals surface area contributed by atoms with E-state index < -0.39 is 11.7 Å². The van der Waals surface area contributed by atoms with Crippen LogP contribution in [0.1, 0.15) is 24.0 Å². The monoisotopic (exact) mass is 421 g/mol. The fourth-order valence-corrected chi connectivity index (χ4v) is 3.64. The lowest BCUT2D eigenvalue weighted by molar-refractivity contribution is -0.138. The molecule has 3 rings (SSSR count). The zero-order chi connectivity index (χ0) is 21.6. The molecule has 2 N–H and O–H groups in total. The number of carbonyl (C=O) groups excluding carboxylic acids is 1. The van der Waals surface area contributed by atoms with Gasteiger partial charge in [0.05, 0.1) is 12.7 Å². The maximum atomic E-state index is 13.0. The van der Waals surface area contributed by atoms with Crippen LogP contribution in [0.2, 0.25) is 0 Å². The number of halogens is 3. The summed E-state index contributed by atoms with van der Waals surface area (Å²) < 4.78 is 44.2. The predicted molar refractivity (Wildman–Crippen MR) is 110 cm³/mol. The van der Waals surface area contributed by atoms with Gasteiger partial charge >= 0.3 is 12.2 Å². The highest BCUT2D eigenvalue weighted by molar-refractivity contribution is 5.74. The molecule has 0 aromatic heterocycles. The lowest BCUT2D eigenvalue weighted by atomic mass is 10.0. The Kier molecular flexibility index (Phi) is 7.07. The maximum Gasteiger partial charge on any atom is 0.416 e. The summed E-state index contributed by atoms with van der Waals surface area (Å²) in [5, 5.41) is 5.59.